The van der Waals surface area contributed by atoms with E-state index in [4.69, 9.17) is 14.0 Å². The first-order valence-electron chi connectivity index (χ1n) is 44.8. The summed E-state index contributed by atoms with van der Waals surface area (Å²) >= 11 is 6.87. The molecule has 23 rings (SSSR count). The monoisotopic (exact) mass is 1770 g/mol. The average Bonchev–Trinajstić information content (AvgIpc) is 1.50. The second kappa shape index (κ2) is 34.6. The number of carbonyl (C=O) groups excluding carboxylic acids is 2. The zero-order chi connectivity index (χ0) is 85.2. The molecule has 0 radical (unpaired) electrons. The van der Waals surface area contributed by atoms with Gasteiger partial charge in [0.05, 0.1) is 18.3 Å². The molecule has 0 bridgehead atoms. The number of rotatable bonds is 8. The summed E-state index contributed by atoms with van der Waals surface area (Å²) in [4.78, 5) is 27.2. The Labute approximate surface area is 751 Å². The fourth-order valence-electron chi connectivity index (χ4n) is 20.9. The highest BCUT2D eigenvalue weighted by Crippen LogP contribution is 2.57. The highest BCUT2D eigenvalue weighted by atomic mass is 79.9. The van der Waals surface area contributed by atoms with E-state index in [1.54, 1.807) is 5.30 Å². The molecular weight excluding hydrogens is 1670 g/mol. The van der Waals surface area contributed by atoms with E-state index in [1.165, 1.54) is 178 Å². The van der Waals surface area contributed by atoms with Crippen molar-refractivity contribution in [2.75, 3.05) is 7.11 Å². The van der Waals surface area contributed by atoms with E-state index in [0.29, 0.717) is 0 Å². The molecule has 2 saturated carbocycles. The number of ether oxygens (including phenoxy) is 1. The fourth-order valence-corrected chi connectivity index (χ4v) is 25.5. The van der Waals surface area contributed by atoms with Crippen molar-refractivity contribution in [2.45, 2.75) is 147 Å². The third kappa shape index (κ3) is 15.6. The number of methoxy groups -OCH3 is 1. The van der Waals surface area contributed by atoms with Gasteiger partial charge in [-0.2, -0.15) is 0 Å². The maximum atomic E-state index is 14.6. The number of ketones is 2. The first-order chi connectivity index (χ1) is 61.0. The molecule has 5 nitrogen and oxygen atoms in total. The molecular formula is C116H100BBr2O5P. The zero-order valence-electron chi connectivity index (χ0n) is 71.9. The summed E-state index contributed by atoms with van der Waals surface area (Å²) in [7, 11) is 1.35. The summed E-state index contributed by atoms with van der Waals surface area (Å²) in [6.45, 7) is 10.6. The van der Waals surface area contributed by atoms with Gasteiger partial charge in [0.15, 0.2) is 11.6 Å². The summed E-state index contributed by atoms with van der Waals surface area (Å²) in [5.74, 6) is 1.26. The number of halogens is 2. The van der Waals surface area contributed by atoms with E-state index in [2.05, 4.69) is 346 Å². The predicted octanol–water partition coefficient (Wildman–Crippen LogP) is 30.7. The smallest absolute Gasteiger partial charge is 0.494 e. The van der Waals surface area contributed by atoms with Crippen molar-refractivity contribution in [1.82, 2.24) is 0 Å². The molecule has 5 aliphatic rings. The molecule has 18 aromatic carbocycles. The lowest BCUT2D eigenvalue weighted by molar-refractivity contribution is 0.00578. The number of benzene rings is 18. The molecule has 0 atom stereocenters. The summed E-state index contributed by atoms with van der Waals surface area (Å²) in [5, 5.41) is 24.4. The van der Waals surface area contributed by atoms with Crippen LogP contribution in [-0.2, 0) is 35.0 Å². The number of fused-ring (bicyclic) bond motifs is 22. The lowest BCUT2D eigenvalue weighted by Gasteiger charge is -2.39. The molecule has 0 unspecified atom stereocenters. The Morgan fingerprint density at radius 2 is 0.632 bits per heavy atom. The average molecular weight is 1780 g/mol. The molecule has 0 N–H and O–H groups in total. The topological polar surface area (TPSA) is 61.8 Å². The molecule has 616 valence electrons. The normalized spacial score (nSPS) is 15.6. The van der Waals surface area contributed by atoms with Crippen LogP contribution in [0.3, 0.4) is 0 Å². The van der Waals surface area contributed by atoms with Crippen molar-refractivity contribution in [2.24, 2.45) is 0 Å². The van der Waals surface area contributed by atoms with E-state index in [9.17, 15) is 9.59 Å². The minimum atomic E-state index is -0.343. The van der Waals surface area contributed by atoms with Crippen molar-refractivity contribution in [3.63, 3.8) is 0 Å². The number of hydrogen-bond acceptors (Lipinski definition) is 5. The third-order valence-corrected chi connectivity index (χ3v) is 32.5. The Kier molecular flexibility index (Phi) is 22.8. The van der Waals surface area contributed by atoms with Crippen LogP contribution in [0.5, 0.6) is 5.75 Å². The first kappa shape index (κ1) is 82.1. The van der Waals surface area contributed by atoms with E-state index in [-0.39, 0.29) is 37.8 Å². The fraction of sp³-hybridized carbons (Fsp3) is 0.207. The van der Waals surface area contributed by atoms with Gasteiger partial charge in [-0.25, -0.2) is 0 Å². The van der Waals surface area contributed by atoms with Gasteiger partial charge in [0.1, 0.15) is 5.75 Å². The summed E-state index contributed by atoms with van der Waals surface area (Å²) in [6.07, 6.45) is 17.9. The third-order valence-electron chi connectivity index (χ3n) is 28.0. The van der Waals surface area contributed by atoms with Crippen molar-refractivity contribution in [3.8, 4) is 39.1 Å². The first-order valence-corrected chi connectivity index (χ1v) is 47.9. The molecule has 4 aliphatic carbocycles. The maximum absolute atomic E-state index is 14.6. The Morgan fingerprint density at radius 1 is 0.320 bits per heavy atom. The quantitative estimate of drug-likeness (QED) is 0.0862. The standard InChI is InChI=1S/C51H32O.C26H35OP.C24H23BO2.C15H10Br2O/c52-51-47-27-33(35-23-25-45-41-13-3-1-9-37(41)39-11-5-7-15-43(39)49(45)29-35)21-19-31(47)17-18-32-20-22-34(28-48(32)51)36-24-26-46-42-14-4-2-10-38(42)40-12-6-8-16-44(40)50(46)30-36;1-20-12-11-18-24(27-2)26(20)23-17-9-10-19-25(23)28(21-13-5-3-6-14-21)22-15-7-4-8-16-22;1-23(2)24(3,4)27-25(26-23)16-13-14-21-19-11-6-5-9-17(19)18-10-7-8-12-20(18)22(21)15-16;16-11-5-3-9-1-2-10-4-6-12(17)8-14(10)15(18)13(9)7-11/h1-16,19-30H,17-18H2;9-12,17-19,21-22H,3-8,13-16H2,1-2H3;5-15H,1-4H3;3-8H,1-2H2. The lowest BCUT2D eigenvalue weighted by atomic mass is 9.77. The maximum Gasteiger partial charge on any atom is 0.494 e. The van der Waals surface area contributed by atoms with Crippen LogP contribution >= 0.6 is 39.8 Å². The second-order valence-corrected chi connectivity index (χ2v) is 40.4. The molecule has 0 amide bonds. The van der Waals surface area contributed by atoms with Crippen molar-refractivity contribution >= 4 is 166 Å². The van der Waals surface area contributed by atoms with Crippen LogP contribution in [0.4, 0.5) is 0 Å². The summed E-state index contributed by atoms with van der Waals surface area (Å²) in [6, 6.07) is 113. The van der Waals surface area contributed by atoms with Crippen molar-refractivity contribution in [1.29, 1.82) is 0 Å². The van der Waals surface area contributed by atoms with Crippen LogP contribution in [-0.4, -0.2) is 48.3 Å². The number of hydrogen-bond donors (Lipinski definition) is 0. The van der Waals surface area contributed by atoms with E-state index in [1.807, 2.05) is 43.5 Å². The van der Waals surface area contributed by atoms with Crippen LogP contribution in [0.2, 0.25) is 0 Å². The Hall–Kier alpha value is -11.2. The number of aryl methyl sites for hydroxylation is 5. The van der Waals surface area contributed by atoms with Gasteiger partial charge in [-0.05, 0) is 315 Å². The summed E-state index contributed by atoms with van der Waals surface area (Å²) in [5.41, 5.74) is 18.5. The van der Waals surface area contributed by atoms with Gasteiger partial charge in [0.25, 0.3) is 0 Å². The molecule has 0 spiro atoms. The minimum absolute atomic E-state index is 0.112. The largest absolute Gasteiger partial charge is 0.496 e. The molecule has 9 heteroatoms. The molecule has 1 aliphatic heterocycles. The Bertz CT molecular complexity index is 6910. The number of carbonyl (C=O) groups is 2. The van der Waals surface area contributed by atoms with Gasteiger partial charge >= 0.3 is 7.12 Å². The second-order valence-electron chi connectivity index (χ2n) is 35.9. The molecule has 1 saturated heterocycles. The molecule has 1 heterocycles. The zero-order valence-corrected chi connectivity index (χ0v) is 76.0. The molecule has 0 aromatic heterocycles. The summed E-state index contributed by atoms with van der Waals surface area (Å²) < 4.78 is 20.3. The van der Waals surface area contributed by atoms with Gasteiger partial charge < -0.3 is 14.0 Å². The van der Waals surface area contributed by atoms with Gasteiger partial charge in [-0.1, -0.05) is 339 Å². The van der Waals surface area contributed by atoms with Gasteiger partial charge in [-0.15, -0.1) is 0 Å². The van der Waals surface area contributed by atoms with Crippen LogP contribution in [0, 0.1) is 6.92 Å². The highest BCUT2D eigenvalue weighted by molar-refractivity contribution is 9.10. The molecule has 3 fully saturated rings. The van der Waals surface area contributed by atoms with Gasteiger partial charge in [0.2, 0.25) is 0 Å². The van der Waals surface area contributed by atoms with Crippen LogP contribution in [0.25, 0.3) is 130 Å². The van der Waals surface area contributed by atoms with Crippen molar-refractivity contribution in [3.05, 3.63) is 374 Å². The van der Waals surface area contributed by atoms with Crippen molar-refractivity contribution < 1.29 is 23.6 Å². The van der Waals surface area contributed by atoms with E-state index >= 15 is 0 Å². The van der Waals surface area contributed by atoms with Crippen LogP contribution in [0.1, 0.15) is 152 Å². The van der Waals surface area contributed by atoms with Gasteiger partial charge in [-0.3, -0.25) is 9.59 Å². The Morgan fingerprint density at radius 3 is 1.02 bits per heavy atom. The van der Waals surface area contributed by atoms with Gasteiger partial charge in [0, 0.05) is 36.8 Å². The minimum Gasteiger partial charge on any atom is -0.496 e. The SMILES string of the molecule is CC1(C)OB(c2ccc3c4ccccc4c4ccccc4c3c2)OC1(C)C.COc1cccc(C)c1-c1ccccc1P(C1CCCCC1)C1CCCCC1.O=C1c2cc(-c3ccc4c5ccccc5c5ccccc5c4c3)ccc2CCc2ccc(-c3ccc4c5ccccc5c5ccccc5c4c3)cc21.O=C1c2cc(Br)ccc2CCc2ccc(Br)cc21. The highest BCUT2D eigenvalue weighted by Gasteiger charge is 2.52. The lowest BCUT2D eigenvalue weighted by Crippen LogP contribution is -2.41. The van der Waals surface area contributed by atoms with E-state index in [0.717, 1.165) is 124 Å². The van der Waals surface area contributed by atoms with Crippen LogP contribution in [0.15, 0.2) is 324 Å². The Balaban J connectivity index is 0.000000115. The molecule has 125 heavy (non-hydrogen) atoms. The van der Waals surface area contributed by atoms with Crippen LogP contribution < -0.4 is 15.5 Å². The van der Waals surface area contributed by atoms with E-state index < -0.39 is 0 Å². The molecule has 18 aromatic rings. The predicted molar refractivity (Wildman–Crippen MR) is 537 cm³/mol.